The summed E-state index contributed by atoms with van der Waals surface area (Å²) in [6.07, 6.45) is -4.74. The van der Waals surface area contributed by atoms with Crippen LogP contribution in [-0.4, -0.2) is 31.5 Å². The van der Waals surface area contributed by atoms with E-state index in [9.17, 15) is 36.5 Å². The number of rotatable bonds is 8. The van der Waals surface area contributed by atoms with Crippen molar-refractivity contribution in [3.05, 3.63) is 99.6 Å². The number of halogens is 3. The zero-order valence-corrected chi connectivity index (χ0v) is 20.4. The average molecular weight is 535 g/mol. The number of nitrogens with one attached hydrogen (secondary N) is 1. The van der Waals surface area contributed by atoms with E-state index >= 15 is 0 Å². The number of nitro benzene ring substituents is 1. The molecule has 3 aromatic rings. The third-order valence-electron chi connectivity index (χ3n) is 5.18. The Balaban J connectivity index is 1.94. The zero-order valence-electron chi connectivity index (χ0n) is 19.6. The maximum absolute atomic E-state index is 13.4. The Morgan fingerprint density at radius 2 is 1.70 bits per heavy atom. The minimum atomic E-state index is -4.74. The van der Waals surface area contributed by atoms with Crippen LogP contribution in [0.2, 0.25) is 0 Å². The summed E-state index contributed by atoms with van der Waals surface area (Å²) in [5.74, 6) is -0.946. The molecule has 194 valence electrons. The summed E-state index contributed by atoms with van der Waals surface area (Å²) in [5, 5.41) is 14.8. The first-order valence-electron chi connectivity index (χ1n) is 10.6. The maximum atomic E-state index is 13.4. The van der Waals surface area contributed by atoms with Gasteiger partial charge in [-0.25, -0.2) is 13.8 Å². The number of sulfonamides is 1. The molecule has 37 heavy (non-hydrogen) atoms. The van der Waals surface area contributed by atoms with Gasteiger partial charge in [0, 0.05) is 17.7 Å². The SMILES string of the molecule is C/C(=N/NC(=O)CN(c1cccc(C(F)(F)F)c1)S(=O)(=O)c1ccc(C)cc1)c1cccc([N+](=O)[O-])c1. The maximum Gasteiger partial charge on any atom is 0.416 e. The minimum absolute atomic E-state index is 0.184. The highest BCUT2D eigenvalue weighted by molar-refractivity contribution is 7.92. The Kier molecular flexibility index (Phi) is 7.96. The lowest BCUT2D eigenvalue weighted by Gasteiger charge is -2.24. The second kappa shape index (κ2) is 10.8. The number of nitro groups is 1. The Morgan fingerprint density at radius 3 is 2.32 bits per heavy atom. The van der Waals surface area contributed by atoms with Gasteiger partial charge in [-0.1, -0.05) is 35.9 Å². The number of hydrogen-bond donors (Lipinski definition) is 1. The number of nitrogens with zero attached hydrogens (tertiary/aromatic N) is 3. The number of carbonyl (C=O) groups is 1. The van der Waals surface area contributed by atoms with Crippen LogP contribution in [0.5, 0.6) is 0 Å². The predicted molar refractivity (Wildman–Crippen MR) is 131 cm³/mol. The molecule has 0 heterocycles. The molecule has 0 aliphatic carbocycles. The van der Waals surface area contributed by atoms with Gasteiger partial charge >= 0.3 is 6.18 Å². The Labute approximate surface area is 210 Å². The van der Waals surface area contributed by atoms with Crippen LogP contribution in [-0.2, 0) is 21.0 Å². The van der Waals surface area contributed by atoms with Gasteiger partial charge in [0.25, 0.3) is 21.6 Å². The quantitative estimate of drug-likeness (QED) is 0.256. The van der Waals surface area contributed by atoms with Crippen LogP contribution in [0.3, 0.4) is 0 Å². The molecule has 1 amide bonds. The molecular weight excluding hydrogens is 513 g/mol. The number of carbonyl (C=O) groups excluding carboxylic acids is 1. The van der Waals surface area contributed by atoms with E-state index in [1.54, 1.807) is 6.92 Å². The average Bonchev–Trinajstić information content (AvgIpc) is 2.85. The third-order valence-corrected chi connectivity index (χ3v) is 6.97. The summed E-state index contributed by atoms with van der Waals surface area (Å²) in [7, 11) is -4.45. The van der Waals surface area contributed by atoms with Gasteiger partial charge in [0.05, 0.1) is 26.8 Å². The van der Waals surface area contributed by atoms with Gasteiger partial charge in [-0.15, -0.1) is 0 Å². The van der Waals surface area contributed by atoms with Gasteiger partial charge in [-0.05, 0) is 44.2 Å². The largest absolute Gasteiger partial charge is 0.416 e. The molecule has 0 fully saturated rings. The molecule has 0 radical (unpaired) electrons. The normalized spacial score (nSPS) is 12.2. The lowest BCUT2D eigenvalue weighted by atomic mass is 10.1. The van der Waals surface area contributed by atoms with Crippen molar-refractivity contribution in [2.75, 3.05) is 10.8 Å². The highest BCUT2D eigenvalue weighted by Gasteiger charge is 2.33. The van der Waals surface area contributed by atoms with E-state index in [-0.39, 0.29) is 22.0 Å². The summed E-state index contributed by atoms with van der Waals surface area (Å²) < 4.78 is 67.2. The topological polar surface area (TPSA) is 122 Å². The highest BCUT2D eigenvalue weighted by atomic mass is 32.2. The van der Waals surface area contributed by atoms with Crippen molar-refractivity contribution in [3.8, 4) is 0 Å². The van der Waals surface area contributed by atoms with Crippen LogP contribution >= 0.6 is 0 Å². The molecule has 13 heteroatoms. The van der Waals surface area contributed by atoms with Crippen LogP contribution in [0.15, 0.2) is 82.8 Å². The highest BCUT2D eigenvalue weighted by Crippen LogP contribution is 2.33. The van der Waals surface area contributed by atoms with Crippen molar-refractivity contribution >= 4 is 33.0 Å². The van der Waals surface area contributed by atoms with Crippen molar-refractivity contribution in [2.24, 2.45) is 5.10 Å². The monoisotopic (exact) mass is 534 g/mol. The molecule has 0 saturated heterocycles. The number of amides is 1. The number of anilines is 1. The van der Waals surface area contributed by atoms with Crippen molar-refractivity contribution < 1.29 is 31.3 Å². The Hall–Kier alpha value is -4.26. The van der Waals surface area contributed by atoms with Crippen molar-refractivity contribution in [3.63, 3.8) is 0 Å². The Morgan fingerprint density at radius 1 is 1.05 bits per heavy atom. The molecule has 0 spiro atoms. The molecule has 0 saturated carbocycles. The molecule has 0 aromatic heterocycles. The van der Waals surface area contributed by atoms with Gasteiger partial charge in [0.2, 0.25) is 0 Å². The van der Waals surface area contributed by atoms with Crippen molar-refractivity contribution in [1.29, 1.82) is 0 Å². The van der Waals surface area contributed by atoms with Crippen LogP contribution < -0.4 is 9.73 Å². The van der Waals surface area contributed by atoms with E-state index in [2.05, 4.69) is 10.5 Å². The minimum Gasteiger partial charge on any atom is -0.271 e. The summed E-state index contributed by atoms with van der Waals surface area (Å²) in [6.45, 7) is 2.31. The number of hydrazone groups is 1. The summed E-state index contributed by atoms with van der Waals surface area (Å²) in [4.78, 5) is 22.9. The van der Waals surface area contributed by atoms with Crippen molar-refractivity contribution in [2.45, 2.75) is 24.9 Å². The Bertz CT molecular complexity index is 1460. The molecular formula is C24H21F3N4O5S. The standard InChI is InChI=1S/C24H21F3N4O5S/c1-16-9-11-22(12-10-16)37(35,36)30(20-7-4-6-19(14-20)24(25,26)27)15-23(32)29-28-17(2)18-5-3-8-21(13-18)31(33)34/h3-14H,15H2,1-2H3,(H,29,32)/b28-17-. The second-order valence-corrected chi connectivity index (χ2v) is 9.77. The number of benzene rings is 3. The third kappa shape index (κ3) is 6.70. The van der Waals surface area contributed by atoms with Gasteiger partial charge in [-0.3, -0.25) is 19.2 Å². The molecule has 0 bridgehead atoms. The molecule has 9 nitrogen and oxygen atoms in total. The van der Waals surface area contributed by atoms with Gasteiger partial charge in [-0.2, -0.15) is 18.3 Å². The lowest BCUT2D eigenvalue weighted by molar-refractivity contribution is -0.384. The molecule has 3 rings (SSSR count). The van der Waals surface area contributed by atoms with E-state index in [4.69, 9.17) is 0 Å². The molecule has 0 aliphatic heterocycles. The number of hydrogen-bond acceptors (Lipinski definition) is 6. The zero-order chi connectivity index (χ0) is 27.4. The molecule has 1 N–H and O–H groups in total. The fraction of sp³-hybridized carbons (Fsp3) is 0.167. The lowest BCUT2D eigenvalue weighted by Crippen LogP contribution is -2.40. The van der Waals surface area contributed by atoms with E-state index in [0.29, 0.717) is 15.9 Å². The molecule has 0 atom stereocenters. The summed E-state index contributed by atoms with van der Waals surface area (Å²) in [5.41, 5.74) is 1.77. The summed E-state index contributed by atoms with van der Waals surface area (Å²) >= 11 is 0. The molecule has 3 aromatic carbocycles. The van der Waals surface area contributed by atoms with Crippen LogP contribution in [0.25, 0.3) is 0 Å². The number of non-ortho nitro benzene ring substituents is 1. The summed E-state index contributed by atoms with van der Waals surface area (Å²) in [6, 6.07) is 14.7. The number of aryl methyl sites for hydroxylation is 1. The van der Waals surface area contributed by atoms with Gasteiger partial charge < -0.3 is 0 Å². The van der Waals surface area contributed by atoms with Crippen LogP contribution in [0.1, 0.15) is 23.6 Å². The first kappa shape index (κ1) is 27.3. The van der Waals surface area contributed by atoms with E-state index < -0.39 is 39.1 Å². The second-order valence-electron chi connectivity index (χ2n) is 7.91. The fourth-order valence-corrected chi connectivity index (χ4v) is 4.62. The van der Waals surface area contributed by atoms with Gasteiger partial charge in [0.1, 0.15) is 6.54 Å². The molecule has 0 unspecified atom stereocenters. The predicted octanol–water partition coefficient (Wildman–Crippen LogP) is 4.66. The van der Waals surface area contributed by atoms with Crippen LogP contribution in [0, 0.1) is 17.0 Å². The fourth-order valence-electron chi connectivity index (χ4n) is 3.21. The number of alkyl halides is 3. The smallest absolute Gasteiger partial charge is 0.271 e. The van der Waals surface area contributed by atoms with E-state index in [1.165, 1.54) is 55.5 Å². The van der Waals surface area contributed by atoms with Crippen molar-refractivity contribution in [1.82, 2.24) is 5.43 Å². The first-order chi connectivity index (χ1) is 17.3. The van der Waals surface area contributed by atoms with E-state index in [1.807, 2.05) is 0 Å². The molecule has 0 aliphatic rings. The van der Waals surface area contributed by atoms with Gasteiger partial charge in [0.15, 0.2) is 0 Å². The van der Waals surface area contributed by atoms with E-state index in [0.717, 1.165) is 23.8 Å². The first-order valence-corrected chi connectivity index (χ1v) is 12.1. The van der Waals surface area contributed by atoms with Crippen LogP contribution in [0.4, 0.5) is 24.5 Å².